The highest BCUT2D eigenvalue weighted by molar-refractivity contribution is 7.89. The molecule has 5 nitrogen and oxygen atoms in total. The molecule has 0 bridgehead atoms. The molecule has 1 rings (SSSR count). The van der Waals surface area contributed by atoms with Crippen LogP contribution >= 0.6 is 0 Å². The Bertz CT molecular complexity index is 300. The number of ether oxygens (including phenoxy) is 1. The van der Waals surface area contributed by atoms with Gasteiger partial charge in [0.05, 0.1) is 18.0 Å². The monoisotopic (exact) mass is 236 g/mol. The number of hydrogen-bond acceptors (Lipinski definition) is 4. The van der Waals surface area contributed by atoms with Crippen LogP contribution in [0, 0.1) is 0 Å². The predicted molar refractivity (Wildman–Crippen MR) is 59.1 cm³/mol. The molecule has 0 saturated carbocycles. The van der Waals surface area contributed by atoms with Gasteiger partial charge in [-0.15, -0.1) is 0 Å². The Kier molecular flexibility index (Phi) is 4.11. The van der Waals surface area contributed by atoms with Crippen molar-refractivity contribution in [3.05, 3.63) is 0 Å². The van der Waals surface area contributed by atoms with Crippen LogP contribution in [0.5, 0.6) is 0 Å². The first-order valence-corrected chi connectivity index (χ1v) is 6.80. The molecule has 0 radical (unpaired) electrons. The van der Waals surface area contributed by atoms with Crippen LogP contribution in [-0.2, 0) is 14.8 Å². The molecule has 2 N–H and O–H groups in total. The van der Waals surface area contributed by atoms with Gasteiger partial charge in [0.15, 0.2) is 0 Å². The summed E-state index contributed by atoms with van der Waals surface area (Å²) in [5, 5.41) is 0. The van der Waals surface area contributed by atoms with E-state index in [2.05, 4.69) is 0 Å². The summed E-state index contributed by atoms with van der Waals surface area (Å²) >= 11 is 0. The van der Waals surface area contributed by atoms with E-state index in [1.54, 1.807) is 0 Å². The van der Waals surface area contributed by atoms with E-state index in [-0.39, 0.29) is 11.4 Å². The summed E-state index contributed by atoms with van der Waals surface area (Å²) < 4.78 is 30.7. The van der Waals surface area contributed by atoms with Crippen LogP contribution in [0.2, 0.25) is 0 Å². The number of nitrogens with zero attached hydrogens (tertiary/aromatic N) is 1. The van der Waals surface area contributed by atoms with Crippen molar-refractivity contribution < 1.29 is 13.2 Å². The van der Waals surface area contributed by atoms with Gasteiger partial charge >= 0.3 is 0 Å². The quantitative estimate of drug-likeness (QED) is 0.732. The molecular weight excluding hydrogens is 216 g/mol. The van der Waals surface area contributed by atoms with Crippen molar-refractivity contribution in [2.45, 2.75) is 25.9 Å². The Hall–Kier alpha value is -0.170. The second-order valence-corrected chi connectivity index (χ2v) is 6.49. The summed E-state index contributed by atoms with van der Waals surface area (Å²) in [4.78, 5) is 0. The molecule has 0 aromatic rings. The first kappa shape index (κ1) is 12.9. The lowest BCUT2D eigenvalue weighted by atomic mass is 10.1. The highest BCUT2D eigenvalue weighted by Crippen LogP contribution is 2.19. The summed E-state index contributed by atoms with van der Waals surface area (Å²) in [7, 11) is -3.14. The third-order valence-corrected chi connectivity index (χ3v) is 4.29. The van der Waals surface area contributed by atoms with E-state index in [1.165, 1.54) is 4.31 Å². The zero-order valence-electron chi connectivity index (χ0n) is 9.40. The summed E-state index contributed by atoms with van der Waals surface area (Å²) in [6.07, 6.45) is 0.514. The zero-order chi connectivity index (χ0) is 11.5. The standard InChI is InChI=1S/C9H20N2O3S/c1-9(2)8-11(5-6-14-9)15(12,13)7-3-4-10/h3-8,10H2,1-2H3. The average molecular weight is 236 g/mol. The molecule has 1 fully saturated rings. The van der Waals surface area contributed by atoms with Crippen LogP contribution in [0.4, 0.5) is 0 Å². The molecule has 0 aromatic heterocycles. The minimum Gasteiger partial charge on any atom is -0.373 e. The maximum atomic E-state index is 11.8. The Morgan fingerprint density at radius 3 is 2.67 bits per heavy atom. The average Bonchev–Trinajstić information content (AvgIpc) is 2.13. The lowest BCUT2D eigenvalue weighted by Gasteiger charge is -2.37. The van der Waals surface area contributed by atoms with Gasteiger partial charge in [-0.25, -0.2) is 8.42 Å². The van der Waals surface area contributed by atoms with E-state index >= 15 is 0 Å². The third-order valence-electron chi connectivity index (χ3n) is 2.39. The van der Waals surface area contributed by atoms with Crippen molar-refractivity contribution in [1.29, 1.82) is 0 Å². The van der Waals surface area contributed by atoms with E-state index in [0.717, 1.165) is 0 Å². The number of hydrogen-bond donors (Lipinski definition) is 1. The molecule has 0 spiro atoms. The van der Waals surface area contributed by atoms with Gasteiger partial charge < -0.3 is 10.5 Å². The highest BCUT2D eigenvalue weighted by Gasteiger charge is 2.33. The van der Waals surface area contributed by atoms with E-state index < -0.39 is 10.0 Å². The van der Waals surface area contributed by atoms with E-state index in [4.69, 9.17) is 10.5 Å². The fourth-order valence-corrected chi connectivity index (χ4v) is 3.26. The molecule has 0 amide bonds. The van der Waals surface area contributed by atoms with Crippen molar-refractivity contribution in [2.75, 3.05) is 32.0 Å². The maximum Gasteiger partial charge on any atom is 0.214 e. The molecule has 1 aliphatic rings. The topological polar surface area (TPSA) is 72.6 Å². The Morgan fingerprint density at radius 2 is 2.13 bits per heavy atom. The molecule has 1 saturated heterocycles. The fraction of sp³-hybridized carbons (Fsp3) is 1.00. The first-order valence-electron chi connectivity index (χ1n) is 5.19. The molecular formula is C9H20N2O3S. The van der Waals surface area contributed by atoms with Crippen LogP contribution in [0.3, 0.4) is 0 Å². The minimum atomic E-state index is -3.14. The van der Waals surface area contributed by atoms with Crippen LogP contribution in [-0.4, -0.2) is 50.3 Å². The predicted octanol–water partition coefficient (Wildman–Crippen LogP) is -0.224. The maximum absolute atomic E-state index is 11.8. The van der Waals surface area contributed by atoms with Crippen LogP contribution in [0.1, 0.15) is 20.3 Å². The van der Waals surface area contributed by atoms with Crippen LogP contribution < -0.4 is 5.73 Å². The van der Waals surface area contributed by atoms with Gasteiger partial charge in [-0.05, 0) is 26.8 Å². The van der Waals surface area contributed by atoms with Crippen molar-refractivity contribution in [2.24, 2.45) is 5.73 Å². The summed E-state index contributed by atoms with van der Waals surface area (Å²) in [6, 6.07) is 0. The lowest BCUT2D eigenvalue weighted by molar-refractivity contribution is -0.0640. The molecule has 0 aromatic carbocycles. The van der Waals surface area contributed by atoms with Crippen molar-refractivity contribution in [1.82, 2.24) is 4.31 Å². The van der Waals surface area contributed by atoms with E-state index in [9.17, 15) is 8.42 Å². The van der Waals surface area contributed by atoms with Gasteiger partial charge in [0, 0.05) is 13.1 Å². The second-order valence-electron chi connectivity index (χ2n) is 4.40. The summed E-state index contributed by atoms with van der Waals surface area (Å²) in [5.74, 6) is 0.138. The fourth-order valence-electron chi connectivity index (χ4n) is 1.61. The number of sulfonamides is 1. The number of nitrogens with two attached hydrogens (primary N) is 1. The highest BCUT2D eigenvalue weighted by atomic mass is 32.2. The molecule has 0 unspecified atom stereocenters. The smallest absolute Gasteiger partial charge is 0.214 e. The molecule has 90 valence electrons. The van der Waals surface area contributed by atoms with E-state index in [1.807, 2.05) is 13.8 Å². The SMILES string of the molecule is CC1(C)CN(S(=O)(=O)CCCN)CCO1. The number of morpholine rings is 1. The molecule has 0 aliphatic carbocycles. The minimum absolute atomic E-state index is 0.138. The molecule has 6 heteroatoms. The van der Waals surface area contributed by atoms with Crippen LogP contribution in [0.15, 0.2) is 0 Å². The van der Waals surface area contributed by atoms with Crippen molar-refractivity contribution in [3.63, 3.8) is 0 Å². The van der Waals surface area contributed by atoms with Crippen LogP contribution in [0.25, 0.3) is 0 Å². The van der Waals surface area contributed by atoms with Gasteiger partial charge in [-0.2, -0.15) is 4.31 Å². The van der Waals surface area contributed by atoms with Gasteiger partial charge in [-0.1, -0.05) is 0 Å². The summed E-state index contributed by atoms with van der Waals surface area (Å²) in [5.41, 5.74) is 4.93. The second kappa shape index (κ2) is 4.78. The number of rotatable bonds is 4. The Labute approximate surface area is 91.6 Å². The molecule has 1 aliphatic heterocycles. The Morgan fingerprint density at radius 1 is 1.47 bits per heavy atom. The van der Waals surface area contributed by atoms with Crippen molar-refractivity contribution >= 4 is 10.0 Å². The first-order chi connectivity index (χ1) is 6.87. The summed E-state index contributed by atoms with van der Waals surface area (Å²) in [6.45, 7) is 5.56. The zero-order valence-corrected chi connectivity index (χ0v) is 10.2. The van der Waals surface area contributed by atoms with Gasteiger partial charge in [0.2, 0.25) is 10.0 Å². The molecule has 1 heterocycles. The molecule has 0 atom stereocenters. The van der Waals surface area contributed by atoms with Gasteiger partial charge in [0.1, 0.15) is 0 Å². The lowest BCUT2D eigenvalue weighted by Crippen LogP contribution is -2.51. The van der Waals surface area contributed by atoms with Gasteiger partial charge in [0.25, 0.3) is 0 Å². The Balaban J connectivity index is 2.63. The largest absolute Gasteiger partial charge is 0.373 e. The molecule has 15 heavy (non-hydrogen) atoms. The van der Waals surface area contributed by atoms with Crippen molar-refractivity contribution in [3.8, 4) is 0 Å². The third kappa shape index (κ3) is 3.71. The van der Waals surface area contributed by atoms with Gasteiger partial charge in [-0.3, -0.25) is 0 Å². The van der Waals surface area contributed by atoms with E-state index in [0.29, 0.717) is 32.7 Å². The normalized spacial score (nSPS) is 22.9.